The van der Waals surface area contributed by atoms with Crippen molar-refractivity contribution in [3.63, 3.8) is 0 Å². The van der Waals surface area contributed by atoms with E-state index in [1.54, 1.807) is 13.0 Å². The molecule has 0 saturated heterocycles. The Morgan fingerprint density at radius 3 is 0.974 bits per heavy atom. The highest BCUT2D eigenvalue weighted by Crippen LogP contribution is 2.45. The Kier molecular flexibility index (Phi) is 11.7. The minimum absolute atomic E-state index is 0.256. The van der Waals surface area contributed by atoms with Crippen LogP contribution in [0.15, 0.2) is 176 Å². The summed E-state index contributed by atoms with van der Waals surface area (Å²) in [6.07, 6.45) is -4.60. The molecule has 0 saturated carbocycles. The number of hydrogen-bond acceptors (Lipinski definition) is 1. The van der Waals surface area contributed by atoms with Crippen molar-refractivity contribution in [3.8, 4) is 73.1 Å². The zero-order valence-corrected chi connectivity index (χ0v) is 44.7. The maximum Gasteiger partial charge on any atom is 0.416 e. The highest BCUT2D eigenvalue weighted by Gasteiger charge is 2.32. The van der Waals surface area contributed by atoms with Crippen LogP contribution in [0.2, 0.25) is 0 Å². The molecule has 77 heavy (non-hydrogen) atoms. The molecular formula is C71H56F3N3. The number of rotatable bonds is 7. The van der Waals surface area contributed by atoms with E-state index in [0.717, 1.165) is 94.2 Å². The number of aromatic nitrogens is 2. The second-order valence-electron chi connectivity index (χ2n) is 21.5. The third kappa shape index (κ3) is 8.48. The number of hydrogen-bond donors (Lipinski definition) is 0. The summed E-state index contributed by atoms with van der Waals surface area (Å²) in [5.41, 5.74) is 24.1. The SMILES string of the molecule is Cc1cc(-c2cc(-n3c4ccc(-c5ccc(C)cc5C)cc4c4cc(-c5ccc(C)cc5C)ccc43)c(-n3c4ccc(-c5ccc(C)cc5C)cc4c4cc(-c5ccc(C)cc5C)ccc43)cc2C#N)cc(C(F)(F)F)c1. The molecule has 0 atom stereocenters. The second kappa shape index (κ2) is 18.4. The van der Waals surface area contributed by atoms with Gasteiger partial charge in [-0.15, -0.1) is 0 Å². The summed E-state index contributed by atoms with van der Waals surface area (Å²) in [7, 11) is 0. The largest absolute Gasteiger partial charge is 0.416 e. The van der Waals surface area contributed by atoms with E-state index in [0.29, 0.717) is 28.1 Å². The Balaban J connectivity index is 1.22. The summed E-state index contributed by atoms with van der Waals surface area (Å²) in [4.78, 5) is 0. The highest BCUT2D eigenvalue weighted by atomic mass is 19.4. The van der Waals surface area contributed by atoms with E-state index < -0.39 is 11.7 Å². The van der Waals surface area contributed by atoms with Crippen molar-refractivity contribution in [2.45, 2.75) is 68.5 Å². The molecule has 0 aliphatic heterocycles. The summed E-state index contributed by atoms with van der Waals surface area (Å²) in [6.45, 7) is 18.7. The van der Waals surface area contributed by atoms with Crippen LogP contribution in [0.4, 0.5) is 13.2 Å². The number of fused-ring (bicyclic) bond motifs is 6. The molecule has 376 valence electrons. The Bertz CT molecular complexity index is 4280. The van der Waals surface area contributed by atoms with Crippen LogP contribution in [0.5, 0.6) is 0 Å². The van der Waals surface area contributed by atoms with E-state index in [-0.39, 0.29) is 5.56 Å². The van der Waals surface area contributed by atoms with Crippen molar-refractivity contribution in [1.82, 2.24) is 9.13 Å². The Hall–Kier alpha value is -8.92. The fourth-order valence-corrected chi connectivity index (χ4v) is 12.2. The number of alkyl halides is 3. The monoisotopic (exact) mass is 1010 g/mol. The van der Waals surface area contributed by atoms with Crippen LogP contribution >= 0.6 is 0 Å². The van der Waals surface area contributed by atoms with E-state index >= 15 is 0 Å². The van der Waals surface area contributed by atoms with Crippen LogP contribution in [0.3, 0.4) is 0 Å². The average molecular weight is 1010 g/mol. The van der Waals surface area contributed by atoms with Crippen LogP contribution in [0, 0.1) is 73.6 Å². The molecule has 0 unspecified atom stereocenters. The number of benzene rings is 10. The van der Waals surface area contributed by atoms with Gasteiger partial charge in [0.15, 0.2) is 0 Å². The van der Waals surface area contributed by atoms with Gasteiger partial charge in [0.25, 0.3) is 0 Å². The van der Waals surface area contributed by atoms with Gasteiger partial charge in [-0.1, -0.05) is 125 Å². The van der Waals surface area contributed by atoms with Gasteiger partial charge in [-0.25, -0.2) is 0 Å². The predicted molar refractivity (Wildman–Crippen MR) is 315 cm³/mol. The lowest BCUT2D eigenvalue weighted by atomic mass is 9.95. The molecule has 2 heterocycles. The number of nitriles is 1. The highest BCUT2D eigenvalue weighted by molar-refractivity contribution is 6.14. The molecule has 0 bridgehead atoms. The molecule has 12 rings (SSSR count). The lowest BCUT2D eigenvalue weighted by Crippen LogP contribution is -2.07. The Morgan fingerprint density at radius 1 is 0.325 bits per heavy atom. The van der Waals surface area contributed by atoms with Gasteiger partial charge in [-0.2, -0.15) is 18.4 Å². The van der Waals surface area contributed by atoms with E-state index in [9.17, 15) is 18.4 Å². The van der Waals surface area contributed by atoms with Gasteiger partial charge in [0.2, 0.25) is 0 Å². The third-order valence-electron chi connectivity index (χ3n) is 15.7. The Labute approximate surface area is 447 Å². The minimum atomic E-state index is -4.60. The molecule has 0 aliphatic carbocycles. The van der Waals surface area contributed by atoms with E-state index in [1.165, 1.54) is 50.6 Å². The molecule has 12 aromatic rings. The maximum absolute atomic E-state index is 14.7. The molecule has 2 aromatic heterocycles. The van der Waals surface area contributed by atoms with Crippen molar-refractivity contribution < 1.29 is 13.2 Å². The summed E-state index contributed by atoms with van der Waals surface area (Å²) in [6, 6.07) is 63.1. The van der Waals surface area contributed by atoms with Crippen LogP contribution in [0.1, 0.15) is 61.2 Å². The third-order valence-corrected chi connectivity index (χ3v) is 15.7. The standard InChI is InChI=1S/C71H56F3N3/c1-40-10-18-56(45(6)26-40)49-14-22-65-61(33-49)62-34-50(57-19-11-41(2)27-46(57)7)15-23-66(62)76(65)69-37-54(39-75)60(53-30-44(5)31-55(32-53)71(72,73)74)38-70(69)77-67-24-16-51(58-20-12-42(3)28-47(58)8)35-63(67)64-36-52(17-25-68(64)77)59-21-13-43(4)29-48(59)9/h10-38H,1-9H3. The van der Waals surface area contributed by atoms with Gasteiger partial charge in [0, 0.05) is 27.1 Å². The number of nitrogens with zero attached hydrogens (tertiary/aromatic N) is 3. The first kappa shape index (κ1) is 49.0. The summed E-state index contributed by atoms with van der Waals surface area (Å²) < 4.78 is 48.7. The summed E-state index contributed by atoms with van der Waals surface area (Å²) in [5, 5.41) is 15.4. The lowest BCUT2D eigenvalue weighted by Gasteiger charge is -2.20. The molecule has 10 aromatic carbocycles. The molecule has 3 nitrogen and oxygen atoms in total. The first-order valence-electron chi connectivity index (χ1n) is 26.2. The summed E-state index contributed by atoms with van der Waals surface area (Å²) >= 11 is 0. The molecule has 0 spiro atoms. The van der Waals surface area contributed by atoms with Crippen molar-refractivity contribution in [2.75, 3.05) is 0 Å². The molecule has 0 radical (unpaired) electrons. The minimum Gasteiger partial charge on any atom is -0.307 e. The quantitative estimate of drug-likeness (QED) is 0.157. The number of halogens is 3. The lowest BCUT2D eigenvalue weighted by molar-refractivity contribution is -0.137. The van der Waals surface area contributed by atoms with Crippen molar-refractivity contribution in [1.29, 1.82) is 5.26 Å². The molecule has 0 aliphatic rings. The smallest absolute Gasteiger partial charge is 0.307 e. The van der Waals surface area contributed by atoms with Crippen LogP contribution in [-0.2, 0) is 6.18 Å². The number of aryl methyl sites for hydroxylation is 9. The fraction of sp³-hybridized carbons (Fsp3) is 0.141. The normalized spacial score (nSPS) is 11.9. The zero-order chi connectivity index (χ0) is 53.8. The van der Waals surface area contributed by atoms with Gasteiger partial charge >= 0.3 is 6.18 Å². The van der Waals surface area contributed by atoms with E-state index in [1.807, 2.05) is 12.1 Å². The van der Waals surface area contributed by atoms with Crippen LogP contribution < -0.4 is 0 Å². The van der Waals surface area contributed by atoms with Crippen molar-refractivity contribution in [2.24, 2.45) is 0 Å². The van der Waals surface area contributed by atoms with Gasteiger partial charge in [-0.3, -0.25) is 0 Å². The predicted octanol–water partition coefficient (Wildman–Crippen LogP) is 19.9. The maximum atomic E-state index is 14.7. The second-order valence-corrected chi connectivity index (χ2v) is 21.5. The van der Waals surface area contributed by atoms with Gasteiger partial charge in [0.1, 0.15) is 0 Å². The summed E-state index contributed by atoms with van der Waals surface area (Å²) in [5.74, 6) is 0. The van der Waals surface area contributed by atoms with Gasteiger partial charge in [0.05, 0.1) is 50.6 Å². The van der Waals surface area contributed by atoms with Crippen molar-refractivity contribution in [3.05, 3.63) is 237 Å². The topological polar surface area (TPSA) is 33.6 Å². The first-order valence-corrected chi connectivity index (χ1v) is 26.2. The van der Waals surface area contributed by atoms with E-state index in [2.05, 4.69) is 216 Å². The molecule has 0 amide bonds. The first-order chi connectivity index (χ1) is 36.9. The van der Waals surface area contributed by atoms with Crippen LogP contribution in [-0.4, -0.2) is 9.13 Å². The average Bonchev–Trinajstić information content (AvgIpc) is 4.01. The molecular weight excluding hydrogens is 952 g/mol. The van der Waals surface area contributed by atoms with Gasteiger partial charge < -0.3 is 9.13 Å². The van der Waals surface area contributed by atoms with Crippen LogP contribution in [0.25, 0.3) is 111 Å². The van der Waals surface area contributed by atoms with E-state index in [4.69, 9.17) is 0 Å². The van der Waals surface area contributed by atoms with Gasteiger partial charge in [-0.05, 0) is 213 Å². The Morgan fingerprint density at radius 2 is 0.662 bits per heavy atom. The molecule has 6 heteroatoms. The fourth-order valence-electron chi connectivity index (χ4n) is 12.2. The van der Waals surface area contributed by atoms with Crippen molar-refractivity contribution >= 4 is 43.6 Å². The molecule has 0 N–H and O–H groups in total. The zero-order valence-electron chi connectivity index (χ0n) is 44.7. The molecule has 0 fully saturated rings.